The van der Waals surface area contributed by atoms with Gasteiger partial charge in [0.15, 0.2) is 0 Å². The molecule has 1 aromatic heterocycles. The molecule has 0 aliphatic rings. The van der Waals surface area contributed by atoms with Crippen LogP contribution in [0.15, 0.2) is 0 Å². The lowest BCUT2D eigenvalue weighted by Crippen LogP contribution is -2.08. The van der Waals surface area contributed by atoms with Crippen molar-refractivity contribution >= 4 is 11.3 Å². The quantitative estimate of drug-likeness (QED) is 0.841. The lowest BCUT2D eigenvalue weighted by Gasteiger charge is -2.15. The van der Waals surface area contributed by atoms with Gasteiger partial charge in [-0.15, -0.1) is 11.3 Å². The van der Waals surface area contributed by atoms with Crippen molar-refractivity contribution in [2.75, 3.05) is 14.2 Å². The summed E-state index contributed by atoms with van der Waals surface area (Å²) in [5, 5.41) is 4.25. The molecule has 0 aromatic carbocycles. The van der Waals surface area contributed by atoms with Gasteiger partial charge >= 0.3 is 0 Å². The Bertz CT molecular complexity index is 310. The number of nitrogens with zero attached hydrogens (tertiary/aromatic N) is 1. The van der Waals surface area contributed by atoms with Crippen LogP contribution in [0.1, 0.15) is 35.5 Å². The molecule has 1 unspecified atom stereocenters. The maximum Gasteiger partial charge on any atom is 0.122 e. The fourth-order valence-corrected chi connectivity index (χ4v) is 2.88. The van der Waals surface area contributed by atoms with E-state index in [4.69, 9.17) is 4.74 Å². The van der Waals surface area contributed by atoms with E-state index < -0.39 is 0 Å². The second-order valence-corrected chi connectivity index (χ2v) is 5.11. The second kappa shape index (κ2) is 5.58. The van der Waals surface area contributed by atoms with Crippen LogP contribution in [0.4, 0.5) is 0 Å². The van der Waals surface area contributed by atoms with E-state index in [-0.39, 0.29) is 6.10 Å². The zero-order valence-corrected chi connectivity index (χ0v) is 10.9. The van der Waals surface area contributed by atoms with E-state index in [2.05, 4.69) is 31.1 Å². The number of nitrogens with one attached hydrogen (secondary N) is 1. The van der Waals surface area contributed by atoms with Gasteiger partial charge in [0.1, 0.15) is 11.1 Å². The van der Waals surface area contributed by atoms with Crippen LogP contribution in [0.2, 0.25) is 0 Å². The minimum atomic E-state index is 0.124. The van der Waals surface area contributed by atoms with Crippen molar-refractivity contribution in [2.45, 2.75) is 33.4 Å². The zero-order chi connectivity index (χ0) is 11.4. The molecule has 15 heavy (non-hydrogen) atoms. The SMILES string of the molecule is CNCc1sc(C(OC)C(C)C)nc1C. The number of aromatic nitrogens is 1. The Kier molecular flexibility index (Phi) is 4.70. The third kappa shape index (κ3) is 3.00. The Balaban J connectivity index is 2.89. The number of hydrogen-bond donors (Lipinski definition) is 1. The minimum Gasteiger partial charge on any atom is -0.374 e. The van der Waals surface area contributed by atoms with Gasteiger partial charge in [0, 0.05) is 18.5 Å². The third-order valence-corrected chi connectivity index (χ3v) is 3.57. The van der Waals surface area contributed by atoms with Crippen molar-refractivity contribution in [1.82, 2.24) is 10.3 Å². The van der Waals surface area contributed by atoms with Gasteiger partial charge in [-0.2, -0.15) is 0 Å². The maximum atomic E-state index is 5.47. The Morgan fingerprint density at radius 3 is 2.60 bits per heavy atom. The van der Waals surface area contributed by atoms with E-state index in [1.165, 1.54) is 4.88 Å². The molecule has 3 nitrogen and oxygen atoms in total. The van der Waals surface area contributed by atoms with Crippen LogP contribution < -0.4 is 5.32 Å². The molecule has 1 rings (SSSR count). The molecule has 1 atom stereocenters. The van der Waals surface area contributed by atoms with Crippen molar-refractivity contribution in [3.8, 4) is 0 Å². The van der Waals surface area contributed by atoms with Gasteiger partial charge in [0.2, 0.25) is 0 Å². The predicted octanol–water partition coefficient (Wildman–Crippen LogP) is 2.51. The van der Waals surface area contributed by atoms with Crippen molar-refractivity contribution in [3.63, 3.8) is 0 Å². The van der Waals surface area contributed by atoms with Crippen LogP contribution >= 0.6 is 11.3 Å². The van der Waals surface area contributed by atoms with E-state index >= 15 is 0 Å². The summed E-state index contributed by atoms with van der Waals surface area (Å²) < 4.78 is 5.47. The first-order valence-corrected chi connectivity index (χ1v) is 6.05. The van der Waals surface area contributed by atoms with Gasteiger partial charge in [-0.3, -0.25) is 0 Å². The average Bonchev–Trinajstić information content (AvgIpc) is 2.49. The van der Waals surface area contributed by atoms with Crippen LogP contribution in [0.25, 0.3) is 0 Å². The van der Waals surface area contributed by atoms with Crippen molar-refractivity contribution in [2.24, 2.45) is 5.92 Å². The normalized spacial score (nSPS) is 13.5. The number of aryl methyl sites for hydroxylation is 1. The van der Waals surface area contributed by atoms with E-state index in [1.807, 2.05) is 7.05 Å². The number of hydrogen-bond acceptors (Lipinski definition) is 4. The first kappa shape index (κ1) is 12.6. The highest BCUT2D eigenvalue weighted by Gasteiger charge is 2.20. The Hall–Kier alpha value is -0.450. The van der Waals surface area contributed by atoms with E-state index in [1.54, 1.807) is 18.4 Å². The van der Waals surface area contributed by atoms with Crippen LogP contribution in [-0.2, 0) is 11.3 Å². The summed E-state index contributed by atoms with van der Waals surface area (Å²) in [5.74, 6) is 0.461. The van der Waals surface area contributed by atoms with Crippen molar-refractivity contribution in [1.29, 1.82) is 0 Å². The molecule has 0 spiro atoms. The Labute approximate surface area is 95.9 Å². The molecule has 1 heterocycles. The van der Waals surface area contributed by atoms with Crippen molar-refractivity contribution in [3.05, 3.63) is 15.6 Å². The zero-order valence-electron chi connectivity index (χ0n) is 10.1. The van der Waals surface area contributed by atoms with Gasteiger partial charge in [-0.05, 0) is 19.9 Å². The molecule has 4 heteroatoms. The third-order valence-electron chi connectivity index (χ3n) is 2.35. The summed E-state index contributed by atoms with van der Waals surface area (Å²) in [6.45, 7) is 7.25. The smallest absolute Gasteiger partial charge is 0.122 e. The molecule has 86 valence electrons. The maximum absolute atomic E-state index is 5.47. The molecule has 0 saturated carbocycles. The first-order valence-electron chi connectivity index (χ1n) is 5.23. The molecule has 0 fully saturated rings. The first-order chi connectivity index (χ1) is 7.10. The molecule has 1 aromatic rings. The molecule has 0 amide bonds. The highest BCUT2D eigenvalue weighted by atomic mass is 32.1. The lowest BCUT2D eigenvalue weighted by atomic mass is 10.1. The topological polar surface area (TPSA) is 34.1 Å². The highest BCUT2D eigenvalue weighted by Crippen LogP contribution is 2.30. The van der Waals surface area contributed by atoms with Gasteiger partial charge in [0.05, 0.1) is 5.69 Å². The van der Waals surface area contributed by atoms with Gasteiger partial charge < -0.3 is 10.1 Å². The van der Waals surface area contributed by atoms with Gasteiger partial charge in [0.25, 0.3) is 0 Å². The summed E-state index contributed by atoms with van der Waals surface area (Å²) in [4.78, 5) is 5.88. The van der Waals surface area contributed by atoms with Crippen LogP contribution in [0.3, 0.4) is 0 Å². The number of methoxy groups -OCH3 is 1. The molecule has 1 N–H and O–H groups in total. The Morgan fingerprint density at radius 2 is 2.13 bits per heavy atom. The van der Waals surface area contributed by atoms with Gasteiger partial charge in [-0.1, -0.05) is 13.8 Å². The summed E-state index contributed by atoms with van der Waals surface area (Å²) in [5.41, 5.74) is 1.12. The average molecular weight is 228 g/mol. The largest absolute Gasteiger partial charge is 0.374 e. The minimum absolute atomic E-state index is 0.124. The molecule has 0 bridgehead atoms. The molecule has 0 saturated heterocycles. The molecule has 0 radical (unpaired) electrons. The molecular weight excluding hydrogens is 208 g/mol. The summed E-state index contributed by atoms with van der Waals surface area (Å²) in [7, 11) is 3.70. The van der Waals surface area contributed by atoms with Crippen LogP contribution in [0, 0.1) is 12.8 Å². The Morgan fingerprint density at radius 1 is 1.47 bits per heavy atom. The van der Waals surface area contributed by atoms with Crippen LogP contribution in [-0.4, -0.2) is 19.1 Å². The predicted molar refractivity (Wildman–Crippen MR) is 64.2 cm³/mol. The summed E-state index contributed by atoms with van der Waals surface area (Å²) >= 11 is 1.75. The second-order valence-electron chi connectivity index (χ2n) is 3.99. The number of ether oxygens (including phenoxy) is 1. The van der Waals surface area contributed by atoms with Crippen LogP contribution in [0.5, 0.6) is 0 Å². The monoisotopic (exact) mass is 228 g/mol. The fourth-order valence-electron chi connectivity index (χ4n) is 1.55. The van der Waals surface area contributed by atoms with E-state index in [0.29, 0.717) is 5.92 Å². The summed E-state index contributed by atoms with van der Waals surface area (Å²) in [6.07, 6.45) is 0.124. The number of thiazole rings is 1. The number of rotatable bonds is 5. The van der Waals surface area contributed by atoms with Gasteiger partial charge in [-0.25, -0.2) is 4.98 Å². The van der Waals surface area contributed by atoms with E-state index in [0.717, 1.165) is 17.2 Å². The molecule has 0 aliphatic carbocycles. The molecular formula is C11H20N2OS. The standard InChI is InChI=1S/C11H20N2OS/c1-7(2)10(14-5)11-13-8(3)9(15-11)6-12-4/h7,10,12H,6H2,1-5H3. The van der Waals surface area contributed by atoms with E-state index in [9.17, 15) is 0 Å². The molecule has 0 aliphatic heterocycles. The fraction of sp³-hybridized carbons (Fsp3) is 0.727. The lowest BCUT2D eigenvalue weighted by molar-refractivity contribution is 0.0643. The highest BCUT2D eigenvalue weighted by molar-refractivity contribution is 7.11. The summed E-state index contributed by atoms with van der Waals surface area (Å²) in [6, 6.07) is 0. The van der Waals surface area contributed by atoms with Crippen molar-refractivity contribution < 1.29 is 4.74 Å².